The summed E-state index contributed by atoms with van der Waals surface area (Å²) in [6, 6.07) is 0. The molecule has 0 aromatic carbocycles. The van der Waals surface area contributed by atoms with Crippen LogP contribution in [0.1, 0.15) is 0 Å². The molecule has 0 bridgehead atoms. The first-order valence-electron chi connectivity index (χ1n) is 3.50. The van der Waals surface area contributed by atoms with Crippen LogP contribution in [-0.4, -0.2) is 34.3 Å². The minimum atomic E-state index is -0.703. The first-order valence-corrected chi connectivity index (χ1v) is 13.5. The smallest absolute Gasteiger partial charge is 0.0646 e. The van der Waals surface area contributed by atoms with E-state index in [1.165, 1.54) is 7.68 Å². The van der Waals surface area contributed by atoms with E-state index in [9.17, 15) is 0 Å². The minimum absolute atomic E-state index is 0. The Bertz CT molecular complexity index is 80.9. The van der Waals surface area contributed by atoms with E-state index in [4.69, 9.17) is 0 Å². The molecular weight excluding hydrogens is 166 g/mol. The molecule has 0 N–H and O–H groups in total. The van der Waals surface area contributed by atoms with Crippen molar-refractivity contribution in [1.29, 1.82) is 0 Å². The second kappa shape index (κ2) is 4.48. The first-order chi connectivity index (χ1) is 3.71. The molecule has 0 amide bonds. The summed E-state index contributed by atoms with van der Waals surface area (Å²) in [5.41, 5.74) is 0. The topological polar surface area (TPSA) is 0 Å². The first kappa shape index (κ1) is 14.0. The molecule has 0 aliphatic carbocycles. The molecule has 0 aromatic heterocycles. The van der Waals surface area contributed by atoms with Crippen LogP contribution in [0.5, 0.6) is 0 Å². The maximum absolute atomic E-state index is 2.48. The van der Waals surface area contributed by atoms with Crippen molar-refractivity contribution in [2.24, 2.45) is 0 Å². The predicted molar refractivity (Wildman–Crippen MR) is 60.8 cm³/mol. The van der Waals surface area contributed by atoms with E-state index in [1.807, 2.05) is 0 Å². The summed E-state index contributed by atoms with van der Waals surface area (Å²) in [5, 5.41) is 0. The van der Waals surface area contributed by atoms with E-state index in [2.05, 4.69) is 39.3 Å². The molecule has 0 aliphatic rings. The van der Waals surface area contributed by atoms with Gasteiger partial charge in [-0.25, -0.2) is 0 Å². The molecule has 0 unspecified atom stereocenters. The second-order valence-electron chi connectivity index (χ2n) is 4.62. The van der Waals surface area contributed by atoms with E-state index < -0.39 is 15.5 Å². The summed E-state index contributed by atoms with van der Waals surface area (Å²) in [6.45, 7) is 14.9. The van der Waals surface area contributed by atoms with E-state index in [1.54, 1.807) is 0 Å². The molecule has 0 saturated heterocycles. The zero-order valence-corrected chi connectivity index (χ0v) is 11.5. The molecule has 0 nitrogen and oxygen atoms in total. The Balaban J connectivity index is 0. The molecule has 0 aromatic rings. The van der Waals surface area contributed by atoms with E-state index in [0.717, 1.165) is 0 Å². The van der Waals surface area contributed by atoms with Crippen LogP contribution in [0.15, 0.2) is 0 Å². The van der Waals surface area contributed by atoms with Crippen molar-refractivity contribution in [3.05, 3.63) is 0 Å². The van der Waals surface area contributed by atoms with Gasteiger partial charge in [-0.3, -0.25) is 0 Å². The number of hydrogen-bond donors (Lipinski definition) is 0. The molecule has 0 atom stereocenters. The SMILES string of the molecule is C[Si](C)(C)P[Si](C)(C)C.[Li]. The molecule has 57 valence electrons. The van der Waals surface area contributed by atoms with Gasteiger partial charge in [0.1, 0.15) is 0 Å². The van der Waals surface area contributed by atoms with Crippen molar-refractivity contribution < 1.29 is 0 Å². The van der Waals surface area contributed by atoms with Gasteiger partial charge in [-0.2, -0.15) is 0 Å². The Morgan fingerprint density at radius 2 is 0.900 bits per heavy atom. The molecular formula is C6H19LiPSi2. The van der Waals surface area contributed by atoms with Gasteiger partial charge >= 0.3 is 0 Å². The van der Waals surface area contributed by atoms with Gasteiger partial charge in [0.25, 0.3) is 0 Å². The number of rotatable bonds is 2. The van der Waals surface area contributed by atoms with Crippen LogP contribution in [0, 0.1) is 0 Å². The molecule has 0 saturated carbocycles. The third-order valence-corrected chi connectivity index (χ3v) is 20.2. The Hall–Kier alpha value is 1.46. The summed E-state index contributed by atoms with van der Waals surface area (Å²) in [7, 11) is -0.0775. The van der Waals surface area contributed by atoms with Crippen molar-refractivity contribution in [2.75, 3.05) is 0 Å². The number of hydrogen-bond acceptors (Lipinski definition) is 0. The molecule has 4 heteroatoms. The van der Waals surface area contributed by atoms with Crippen LogP contribution in [0.2, 0.25) is 39.3 Å². The summed E-state index contributed by atoms with van der Waals surface area (Å²) in [4.78, 5) is 0. The van der Waals surface area contributed by atoms with Crippen LogP contribution >= 0.6 is 7.68 Å². The van der Waals surface area contributed by atoms with Gasteiger partial charge in [-0.15, -0.1) is 7.68 Å². The minimum Gasteiger partial charge on any atom is -0.145 e. The van der Waals surface area contributed by atoms with Crippen LogP contribution in [0.3, 0.4) is 0 Å². The van der Waals surface area contributed by atoms with E-state index >= 15 is 0 Å². The second-order valence-corrected chi connectivity index (χ2v) is 25.9. The summed E-state index contributed by atoms with van der Waals surface area (Å²) < 4.78 is 0. The van der Waals surface area contributed by atoms with Crippen molar-refractivity contribution in [2.45, 2.75) is 39.3 Å². The third kappa shape index (κ3) is 12.2. The van der Waals surface area contributed by atoms with Crippen molar-refractivity contribution >= 4 is 42.0 Å². The molecule has 0 spiro atoms. The zero-order chi connectivity index (χ0) is 7.71. The zero-order valence-electron chi connectivity index (χ0n) is 8.50. The normalized spacial score (nSPS) is 12.6. The molecule has 0 heterocycles. The molecule has 10 heavy (non-hydrogen) atoms. The van der Waals surface area contributed by atoms with Gasteiger partial charge in [0, 0.05) is 18.9 Å². The van der Waals surface area contributed by atoms with E-state index in [0.29, 0.717) is 0 Å². The Labute approximate surface area is 81.2 Å². The van der Waals surface area contributed by atoms with Crippen molar-refractivity contribution in [1.82, 2.24) is 0 Å². The molecule has 0 fully saturated rings. The fraction of sp³-hybridized carbons (Fsp3) is 1.00. The standard InChI is InChI=1S/C6H19PSi2.Li/c1-8(2,3)7-9(4,5)6;/h7H,1-6H3;. The largest absolute Gasteiger partial charge is 0.145 e. The Morgan fingerprint density at radius 3 is 0.900 bits per heavy atom. The summed E-state index contributed by atoms with van der Waals surface area (Å²) in [5.74, 6) is 0. The molecule has 1 radical (unpaired) electrons. The fourth-order valence-electron chi connectivity index (χ4n) is 1.12. The average Bonchev–Trinajstić information content (AvgIpc) is 1.14. The molecule has 0 rings (SSSR count). The van der Waals surface area contributed by atoms with Gasteiger partial charge in [0.2, 0.25) is 0 Å². The molecule has 0 aliphatic heterocycles. The van der Waals surface area contributed by atoms with Gasteiger partial charge in [0.15, 0.2) is 0 Å². The maximum Gasteiger partial charge on any atom is 0.0646 e. The third-order valence-electron chi connectivity index (χ3n) is 0.750. The van der Waals surface area contributed by atoms with Gasteiger partial charge < -0.3 is 0 Å². The van der Waals surface area contributed by atoms with Gasteiger partial charge in [0.05, 0.1) is 15.5 Å². The monoisotopic (exact) mass is 185 g/mol. The summed E-state index contributed by atoms with van der Waals surface area (Å²) in [6.07, 6.45) is 0. The summed E-state index contributed by atoms with van der Waals surface area (Å²) >= 11 is 0. The van der Waals surface area contributed by atoms with Gasteiger partial charge in [-0.05, 0) is 0 Å². The quantitative estimate of drug-likeness (QED) is 0.458. The average molecular weight is 185 g/mol. The Kier molecular flexibility index (Phi) is 6.27. The van der Waals surface area contributed by atoms with Crippen molar-refractivity contribution in [3.63, 3.8) is 0 Å². The van der Waals surface area contributed by atoms with E-state index in [-0.39, 0.29) is 18.9 Å². The van der Waals surface area contributed by atoms with Crippen LogP contribution in [-0.2, 0) is 0 Å². The predicted octanol–water partition coefficient (Wildman–Crippen LogP) is 2.95. The van der Waals surface area contributed by atoms with Crippen molar-refractivity contribution in [3.8, 4) is 0 Å². The van der Waals surface area contributed by atoms with Crippen LogP contribution < -0.4 is 0 Å². The van der Waals surface area contributed by atoms with Gasteiger partial charge in [-0.1, -0.05) is 39.3 Å². The van der Waals surface area contributed by atoms with Crippen LogP contribution in [0.25, 0.3) is 0 Å². The maximum atomic E-state index is 2.48. The van der Waals surface area contributed by atoms with Crippen LogP contribution in [0.4, 0.5) is 0 Å². The fourth-order valence-corrected chi connectivity index (χ4v) is 30.4. The Morgan fingerprint density at radius 1 is 0.700 bits per heavy atom.